The van der Waals surface area contributed by atoms with E-state index < -0.39 is 0 Å². The molecular formula is C19H19ClN4O2S2. The highest BCUT2D eigenvalue weighted by Crippen LogP contribution is 2.22. The molecule has 0 aliphatic carbocycles. The number of carbonyl (C=O) groups is 1. The minimum atomic E-state index is -0.0361. The zero-order valence-electron chi connectivity index (χ0n) is 15.2. The van der Waals surface area contributed by atoms with Gasteiger partial charge in [-0.05, 0) is 48.5 Å². The number of ether oxygens (including phenoxy) is 1. The number of halogens is 1. The van der Waals surface area contributed by atoms with E-state index in [-0.39, 0.29) is 11.7 Å². The summed E-state index contributed by atoms with van der Waals surface area (Å²) in [5, 5.41) is 12.4. The molecule has 146 valence electrons. The monoisotopic (exact) mass is 434 g/mol. The van der Waals surface area contributed by atoms with Gasteiger partial charge < -0.3 is 10.1 Å². The Hall–Kier alpha value is -2.16. The largest absolute Gasteiger partial charge is 0.497 e. The van der Waals surface area contributed by atoms with E-state index in [1.807, 2.05) is 53.1 Å². The van der Waals surface area contributed by atoms with Crippen molar-refractivity contribution in [1.82, 2.24) is 20.1 Å². The van der Waals surface area contributed by atoms with Gasteiger partial charge in [0, 0.05) is 27.9 Å². The fraction of sp³-hybridized carbons (Fsp3) is 0.211. The molecule has 3 rings (SSSR count). The van der Waals surface area contributed by atoms with Crippen LogP contribution in [0.5, 0.6) is 5.75 Å². The summed E-state index contributed by atoms with van der Waals surface area (Å²) < 4.78 is 7.01. The Morgan fingerprint density at radius 1 is 1.14 bits per heavy atom. The van der Waals surface area contributed by atoms with Crippen LogP contribution in [0.4, 0.5) is 0 Å². The van der Waals surface area contributed by atoms with Crippen LogP contribution in [0.2, 0.25) is 5.02 Å². The van der Waals surface area contributed by atoms with Crippen LogP contribution in [0, 0.1) is 0 Å². The number of rotatable bonds is 9. The normalized spacial score (nSPS) is 10.6. The van der Waals surface area contributed by atoms with Crippen molar-refractivity contribution in [1.29, 1.82) is 0 Å². The SMILES string of the molecule is COc1ccc(-n2cnnc2SCC(=O)NCCSc2ccc(Cl)cc2)cc1. The number of carbonyl (C=O) groups excluding carboxylic acids is 1. The second-order valence-electron chi connectivity index (χ2n) is 5.62. The van der Waals surface area contributed by atoms with Crippen molar-refractivity contribution in [3.63, 3.8) is 0 Å². The summed E-state index contributed by atoms with van der Waals surface area (Å²) in [6.07, 6.45) is 1.63. The van der Waals surface area contributed by atoms with Gasteiger partial charge in [-0.25, -0.2) is 0 Å². The first-order chi connectivity index (χ1) is 13.7. The summed E-state index contributed by atoms with van der Waals surface area (Å²) >= 11 is 8.89. The lowest BCUT2D eigenvalue weighted by molar-refractivity contribution is -0.118. The summed E-state index contributed by atoms with van der Waals surface area (Å²) in [5.74, 6) is 1.81. The predicted octanol–water partition coefficient (Wildman–Crippen LogP) is 3.93. The molecule has 3 aromatic rings. The molecule has 0 radical (unpaired) electrons. The molecule has 0 aliphatic heterocycles. The molecule has 0 saturated heterocycles. The molecule has 1 aromatic heterocycles. The molecule has 0 spiro atoms. The second kappa shape index (κ2) is 10.4. The molecule has 0 atom stereocenters. The number of hydrogen-bond acceptors (Lipinski definition) is 6. The summed E-state index contributed by atoms with van der Waals surface area (Å²) in [4.78, 5) is 13.2. The Morgan fingerprint density at radius 3 is 2.61 bits per heavy atom. The maximum Gasteiger partial charge on any atom is 0.230 e. The summed E-state index contributed by atoms with van der Waals surface area (Å²) in [6.45, 7) is 0.595. The van der Waals surface area contributed by atoms with Crippen LogP contribution < -0.4 is 10.1 Å². The topological polar surface area (TPSA) is 69.0 Å². The molecule has 1 N–H and O–H groups in total. The Kier molecular flexibility index (Phi) is 7.64. The zero-order chi connectivity index (χ0) is 19.8. The first-order valence-electron chi connectivity index (χ1n) is 8.48. The van der Waals surface area contributed by atoms with Crippen LogP contribution in [0.1, 0.15) is 0 Å². The lowest BCUT2D eigenvalue weighted by atomic mass is 10.3. The number of nitrogens with zero attached hydrogens (tertiary/aromatic N) is 3. The van der Waals surface area contributed by atoms with Crippen LogP contribution in [-0.2, 0) is 4.79 Å². The van der Waals surface area contributed by atoms with Crippen molar-refractivity contribution >= 4 is 41.0 Å². The van der Waals surface area contributed by atoms with Gasteiger partial charge in [-0.1, -0.05) is 23.4 Å². The van der Waals surface area contributed by atoms with E-state index in [1.165, 1.54) is 11.8 Å². The lowest BCUT2D eigenvalue weighted by Gasteiger charge is -2.08. The first-order valence-corrected chi connectivity index (χ1v) is 10.8. The third-order valence-electron chi connectivity index (χ3n) is 3.71. The van der Waals surface area contributed by atoms with E-state index >= 15 is 0 Å². The number of thioether (sulfide) groups is 2. The molecule has 28 heavy (non-hydrogen) atoms. The molecule has 0 fully saturated rings. The predicted molar refractivity (Wildman–Crippen MR) is 114 cm³/mol. The summed E-state index contributed by atoms with van der Waals surface area (Å²) in [7, 11) is 1.63. The molecule has 0 saturated carbocycles. The molecule has 2 aromatic carbocycles. The fourth-order valence-electron chi connectivity index (χ4n) is 2.31. The Bertz CT molecular complexity index is 901. The Labute approximate surface area is 177 Å². The maximum absolute atomic E-state index is 12.1. The van der Waals surface area contributed by atoms with Crippen molar-refractivity contribution < 1.29 is 9.53 Å². The van der Waals surface area contributed by atoms with Crippen molar-refractivity contribution in [3.8, 4) is 11.4 Å². The van der Waals surface area contributed by atoms with Gasteiger partial charge in [0.2, 0.25) is 5.91 Å². The number of nitrogens with one attached hydrogen (secondary N) is 1. The third kappa shape index (κ3) is 5.92. The minimum Gasteiger partial charge on any atom is -0.497 e. The number of hydrogen-bond donors (Lipinski definition) is 1. The Morgan fingerprint density at radius 2 is 1.89 bits per heavy atom. The van der Waals surface area contributed by atoms with Crippen LogP contribution >= 0.6 is 35.1 Å². The van der Waals surface area contributed by atoms with Gasteiger partial charge in [-0.2, -0.15) is 0 Å². The highest BCUT2D eigenvalue weighted by molar-refractivity contribution is 7.99. The smallest absolute Gasteiger partial charge is 0.230 e. The standard InChI is InChI=1S/C19H19ClN4O2S2/c1-26-16-6-4-15(5-7-16)24-13-22-23-19(24)28-12-18(25)21-10-11-27-17-8-2-14(20)3-9-17/h2-9,13H,10-12H2,1H3,(H,21,25). The van der Waals surface area contributed by atoms with Crippen molar-refractivity contribution in [3.05, 3.63) is 59.9 Å². The van der Waals surface area contributed by atoms with Crippen molar-refractivity contribution in [2.45, 2.75) is 10.1 Å². The van der Waals surface area contributed by atoms with Crippen LogP contribution in [-0.4, -0.2) is 45.8 Å². The quantitative estimate of drug-likeness (QED) is 0.406. The van der Waals surface area contributed by atoms with Gasteiger partial charge in [0.15, 0.2) is 5.16 Å². The van der Waals surface area contributed by atoms with Gasteiger partial charge >= 0.3 is 0 Å². The molecule has 1 heterocycles. The number of aromatic nitrogens is 3. The van der Waals surface area contributed by atoms with Gasteiger partial charge in [0.05, 0.1) is 12.9 Å². The van der Waals surface area contributed by atoms with E-state index in [0.717, 1.165) is 27.1 Å². The van der Waals surface area contributed by atoms with Gasteiger partial charge in [0.25, 0.3) is 0 Å². The number of methoxy groups -OCH3 is 1. The summed E-state index contributed by atoms with van der Waals surface area (Å²) in [5.41, 5.74) is 0.910. The van der Waals surface area contributed by atoms with Crippen LogP contribution in [0.15, 0.2) is 64.9 Å². The third-order valence-corrected chi connectivity index (χ3v) is 5.91. The van der Waals surface area contributed by atoms with E-state index in [0.29, 0.717) is 11.7 Å². The van der Waals surface area contributed by atoms with Crippen LogP contribution in [0.25, 0.3) is 5.69 Å². The Balaban J connectivity index is 1.43. The molecule has 0 bridgehead atoms. The molecule has 1 amide bonds. The van der Waals surface area contributed by atoms with Gasteiger partial charge in [0.1, 0.15) is 12.1 Å². The van der Waals surface area contributed by atoms with E-state index in [2.05, 4.69) is 15.5 Å². The summed E-state index contributed by atoms with van der Waals surface area (Å²) in [6, 6.07) is 15.2. The van der Waals surface area contributed by atoms with Crippen molar-refractivity contribution in [2.75, 3.05) is 25.2 Å². The average molecular weight is 435 g/mol. The highest BCUT2D eigenvalue weighted by atomic mass is 35.5. The highest BCUT2D eigenvalue weighted by Gasteiger charge is 2.10. The van der Waals surface area contributed by atoms with Crippen LogP contribution in [0.3, 0.4) is 0 Å². The second-order valence-corrected chi connectivity index (χ2v) is 8.17. The van der Waals surface area contributed by atoms with E-state index in [1.54, 1.807) is 25.2 Å². The molecular weight excluding hydrogens is 416 g/mol. The number of amides is 1. The van der Waals surface area contributed by atoms with Crippen molar-refractivity contribution in [2.24, 2.45) is 0 Å². The minimum absolute atomic E-state index is 0.0361. The fourth-order valence-corrected chi connectivity index (χ4v) is 3.97. The molecule has 0 unspecified atom stereocenters. The number of benzene rings is 2. The molecule has 0 aliphatic rings. The van der Waals surface area contributed by atoms with Gasteiger partial charge in [-0.15, -0.1) is 22.0 Å². The van der Waals surface area contributed by atoms with E-state index in [9.17, 15) is 4.79 Å². The molecule has 9 heteroatoms. The van der Waals surface area contributed by atoms with Gasteiger partial charge in [-0.3, -0.25) is 9.36 Å². The first kappa shape index (κ1) is 20.6. The zero-order valence-corrected chi connectivity index (χ0v) is 17.6. The maximum atomic E-state index is 12.1. The molecule has 6 nitrogen and oxygen atoms in total. The average Bonchev–Trinajstić information content (AvgIpc) is 3.19. The lowest BCUT2D eigenvalue weighted by Crippen LogP contribution is -2.27. The van der Waals surface area contributed by atoms with E-state index in [4.69, 9.17) is 16.3 Å².